The van der Waals surface area contributed by atoms with Crippen LogP contribution in [-0.4, -0.2) is 5.11 Å². The lowest BCUT2D eigenvalue weighted by atomic mass is 10.2. The van der Waals surface area contributed by atoms with Crippen LogP contribution in [0.15, 0.2) is 53.4 Å². The lowest BCUT2D eigenvalue weighted by Gasteiger charge is -2.04. The van der Waals surface area contributed by atoms with Gasteiger partial charge in [0.05, 0.1) is 6.61 Å². The lowest BCUT2D eigenvalue weighted by Crippen LogP contribution is -1.84. The van der Waals surface area contributed by atoms with Gasteiger partial charge in [0, 0.05) is 15.7 Å². The summed E-state index contributed by atoms with van der Waals surface area (Å²) in [5.74, 6) is 0.859. The van der Waals surface area contributed by atoms with Crippen molar-refractivity contribution < 1.29 is 5.11 Å². The molecule has 0 radical (unpaired) electrons. The van der Waals surface area contributed by atoms with Gasteiger partial charge in [-0.25, -0.2) is 0 Å². The summed E-state index contributed by atoms with van der Waals surface area (Å²) in [6.45, 7) is 0.0927. The molecule has 2 aromatic carbocycles. The Balaban J connectivity index is 2.00. The Labute approximate surface area is 110 Å². The van der Waals surface area contributed by atoms with Gasteiger partial charge in [-0.1, -0.05) is 41.9 Å². The SMILES string of the molecule is OCc1ccc(SCc2ccccc2Cl)cc1. The van der Waals surface area contributed by atoms with Crippen molar-refractivity contribution in [3.8, 4) is 0 Å². The van der Waals surface area contributed by atoms with Gasteiger partial charge in [0.15, 0.2) is 0 Å². The molecule has 0 aliphatic carbocycles. The van der Waals surface area contributed by atoms with E-state index in [4.69, 9.17) is 16.7 Å². The van der Waals surface area contributed by atoms with E-state index in [1.165, 1.54) is 4.90 Å². The van der Waals surface area contributed by atoms with Crippen LogP contribution in [0.1, 0.15) is 11.1 Å². The number of rotatable bonds is 4. The molecule has 0 aliphatic rings. The molecule has 0 amide bonds. The average molecular weight is 265 g/mol. The Bertz CT molecular complexity index is 482. The van der Waals surface area contributed by atoms with Crippen LogP contribution in [0, 0.1) is 0 Å². The van der Waals surface area contributed by atoms with Crippen LogP contribution in [0.25, 0.3) is 0 Å². The van der Waals surface area contributed by atoms with Crippen molar-refractivity contribution in [3.63, 3.8) is 0 Å². The van der Waals surface area contributed by atoms with E-state index in [1.54, 1.807) is 11.8 Å². The van der Waals surface area contributed by atoms with E-state index in [1.807, 2.05) is 48.5 Å². The van der Waals surface area contributed by atoms with Crippen molar-refractivity contribution in [1.82, 2.24) is 0 Å². The summed E-state index contributed by atoms with van der Waals surface area (Å²) >= 11 is 7.83. The zero-order chi connectivity index (χ0) is 12.1. The molecule has 0 unspecified atom stereocenters. The molecule has 0 heterocycles. The maximum absolute atomic E-state index is 8.95. The van der Waals surface area contributed by atoms with Crippen molar-refractivity contribution in [2.75, 3.05) is 0 Å². The van der Waals surface area contributed by atoms with Gasteiger partial charge in [-0.3, -0.25) is 0 Å². The summed E-state index contributed by atoms with van der Waals surface area (Å²) in [6, 6.07) is 15.8. The molecule has 0 fully saturated rings. The Morgan fingerprint density at radius 2 is 1.71 bits per heavy atom. The molecule has 88 valence electrons. The first-order valence-electron chi connectivity index (χ1n) is 5.35. The molecular formula is C14H13ClOS. The third-order valence-electron chi connectivity index (χ3n) is 2.46. The first-order chi connectivity index (χ1) is 8.29. The molecule has 0 aromatic heterocycles. The summed E-state index contributed by atoms with van der Waals surface area (Å²) in [6.07, 6.45) is 0. The van der Waals surface area contributed by atoms with E-state index in [2.05, 4.69) is 0 Å². The van der Waals surface area contributed by atoms with Gasteiger partial charge in [-0.15, -0.1) is 11.8 Å². The second-order valence-electron chi connectivity index (χ2n) is 3.68. The summed E-state index contributed by atoms with van der Waals surface area (Å²) in [5.41, 5.74) is 2.08. The minimum Gasteiger partial charge on any atom is -0.392 e. The number of aliphatic hydroxyl groups is 1. The number of halogens is 1. The van der Waals surface area contributed by atoms with Gasteiger partial charge in [-0.05, 0) is 29.3 Å². The van der Waals surface area contributed by atoms with E-state index in [0.717, 1.165) is 21.9 Å². The molecule has 0 aliphatic heterocycles. The highest BCUT2D eigenvalue weighted by atomic mass is 35.5. The second kappa shape index (κ2) is 6.10. The van der Waals surface area contributed by atoms with Crippen LogP contribution in [0.3, 0.4) is 0 Å². The standard InChI is InChI=1S/C14H13ClOS/c15-14-4-2-1-3-12(14)10-17-13-7-5-11(9-16)6-8-13/h1-8,16H,9-10H2. The van der Waals surface area contributed by atoms with E-state index >= 15 is 0 Å². The van der Waals surface area contributed by atoms with Crippen LogP contribution in [0.5, 0.6) is 0 Å². The van der Waals surface area contributed by atoms with Gasteiger partial charge in [0.25, 0.3) is 0 Å². The van der Waals surface area contributed by atoms with Gasteiger partial charge in [0.1, 0.15) is 0 Å². The van der Waals surface area contributed by atoms with Crippen molar-refractivity contribution in [2.24, 2.45) is 0 Å². The number of hydrogen-bond acceptors (Lipinski definition) is 2. The summed E-state index contributed by atoms with van der Waals surface area (Å²) in [5, 5.41) is 9.76. The topological polar surface area (TPSA) is 20.2 Å². The molecule has 3 heteroatoms. The van der Waals surface area contributed by atoms with Crippen molar-refractivity contribution in [2.45, 2.75) is 17.3 Å². The highest BCUT2D eigenvalue weighted by Gasteiger charge is 2.00. The molecular weight excluding hydrogens is 252 g/mol. The molecule has 2 rings (SSSR count). The molecule has 0 atom stereocenters. The van der Waals surface area contributed by atoms with Crippen LogP contribution < -0.4 is 0 Å². The second-order valence-corrected chi connectivity index (χ2v) is 5.14. The zero-order valence-electron chi connectivity index (χ0n) is 9.27. The number of thioether (sulfide) groups is 1. The fourth-order valence-corrected chi connectivity index (χ4v) is 2.65. The van der Waals surface area contributed by atoms with Crippen LogP contribution in [-0.2, 0) is 12.4 Å². The van der Waals surface area contributed by atoms with Crippen molar-refractivity contribution in [3.05, 3.63) is 64.7 Å². The molecule has 1 nitrogen and oxygen atoms in total. The van der Waals surface area contributed by atoms with Crippen molar-refractivity contribution in [1.29, 1.82) is 0 Å². The smallest absolute Gasteiger partial charge is 0.0681 e. The van der Waals surface area contributed by atoms with E-state index in [-0.39, 0.29) is 6.61 Å². The summed E-state index contributed by atoms with van der Waals surface area (Å²) < 4.78 is 0. The van der Waals surface area contributed by atoms with Gasteiger partial charge >= 0.3 is 0 Å². The van der Waals surface area contributed by atoms with Gasteiger partial charge in [-0.2, -0.15) is 0 Å². The monoisotopic (exact) mass is 264 g/mol. The molecule has 1 N–H and O–H groups in total. The predicted octanol–water partition coefficient (Wildman–Crippen LogP) is 4.12. The van der Waals surface area contributed by atoms with Crippen LogP contribution in [0.4, 0.5) is 0 Å². The molecule has 0 saturated carbocycles. The highest BCUT2D eigenvalue weighted by Crippen LogP contribution is 2.26. The third kappa shape index (κ3) is 3.50. The Morgan fingerprint density at radius 3 is 2.35 bits per heavy atom. The first-order valence-corrected chi connectivity index (χ1v) is 6.72. The van der Waals surface area contributed by atoms with Gasteiger partial charge in [0.2, 0.25) is 0 Å². The van der Waals surface area contributed by atoms with E-state index < -0.39 is 0 Å². The molecule has 0 saturated heterocycles. The number of benzene rings is 2. The van der Waals surface area contributed by atoms with Crippen LogP contribution in [0.2, 0.25) is 5.02 Å². The number of hydrogen-bond donors (Lipinski definition) is 1. The molecule has 2 aromatic rings. The Hall–Kier alpha value is -0.960. The summed E-state index contributed by atoms with van der Waals surface area (Å²) in [7, 11) is 0. The zero-order valence-corrected chi connectivity index (χ0v) is 10.8. The van der Waals surface area contributed by atoms with Crippen LogP contribution >= 0.6 is 23.4 Å². The molecule has 0 bridgehead atoms. The highest BCUT2D eigenvalue weighted by molar-refractivity contribution is 7.98. The fraction of sp³-hybridized carbons (Fsp3) is 0.143. The fourth-order valence-electron chi connectivity index (χ4n) is 1.47. The molecule has 0 spiro atoms. The quantitative estimate of drug-likeness (QED) is 0.838. The van der Waals surface area contributed by atoms with E-state index in [0.29, 0.717) is 0 Å². The number of aliphatic hydroxyl groups excluding tert-OH is 1. The van der Waals surface area contributed by atoms with E-state index in [9.17, 15) is 0 Å². The maximum Gasteiger partial charge on any atom is 0.0681 e. The first kappa shape index (κ1) is 12.5. The Kier molecular flexibility index (Phi) is 4.49. The minimum atomic E-state index is 0.0927. The normalized spacial score (nSPS) is 10.5. The Morgan fingerprint density at radius 1 is 1.00 bits per heavy atom. The predicted molar refractivity (Wildman–Crippen MR) is 73.4 cm³/mol. The summed E-state index contributed by atoms with van der Waals surface area (Å²) in [4.78, 5) is 1.18. The van der Waals surface area contributed by atoms with Gasteiger partial charge < -0.3 is 5.11 Å². The maximum atomic E-state index is 8.95. The van der Waals surface area contributed by atoms with Crippen molar-refractivity contribution >= 4 is 23.4 Å². The minimum absolute atomic E-state index is 0.0927. The average Bonchev–Trinajstić information content (AvgIpc) is 2.38. The largest absolute Gasteiger partial charge is 0.392 e. The lowest BCUT2D eigenvalue weighted by molar-refractivity contribution is 0.282. The molecule has 17 heavy (non-hydrogen) atoms. The third-order valence-corrected chi connectivity index (χ3v) is 3.89.